The number of ether oxygens (including phenoxy) is 2. The minimum Gasteiger partial charge on any atom is -0.497 e. The van der Waals surface area contributed by atoms with Gasteiger partial charge in [0.15, 0.2) is 0 Å². The molecule has 0 bridgehead atoms. The molecular formula is C21H25N3O4. The number of carbonyl (C=O) groups excluding carboxylic acids is 2. The number of hydrazone groups is 1. The Morgan fingerprint density at radius 3 is 2.61 bits per heavy atom. The van der Waals surface area contributed by atoms with Crippen LogP contribution in [0.15, 0.2) is 53.6 Å². The third-order valence-electron chi connectivity index (χ3n) is 3.79. The van der Waals surface area contributed by atoms with Crippen LogP contribution in [0.25, 0.3) is 0 Å². The van der Waals surface area contributed by atoms with Crippen LogP contribution in [0.1, 0.15) is 35.7 Å². The van der Waals surface area contributed by atoms with Crippen molar-refractivity contribution in [2.24, 2.45) is 5.10 Å². The summed E-state index contributed by atoms with van der Waals surface area (Å²) in [7, 11) is 1.58. The van der Waals surface area contributed by atoms with E-state index >= 15 is 0 Å². The molecule has 0 heterocycles. The van der Waals surface area contributed by atoms with Gasteiger partial charge in [0.1, 0.15) is 11.5 Å². The molecule has 0 radical (unpaired) electrons. The fourth-order valence-electron chi connectivity index (χ4n) is 2.24. The van der Waals surface area contributed by atoms with Crippen LogP contribution in [-0.2, 0) is 4.79 Å². The fourth-order valence-corrected chi connectivity index (χ4v) is 2.24. The number of hydrogen-bond donors (Lipinski definition) is 2. The number of rotatable bonds is 10. The van der Waals surface area contributed by atoms with E-state index in [0.29, 0.717) is 17.9 Å². The van der Waals surface area contributed by atoms with Crippen molar-refractivity contribution in [1.29, 1.82) is 0 Å². The number of amides is 2. The zero-order valence-corrected chi connectivity index (χ0v) is 16.1. The van der Waals surface area contributed by atoms with Gasteiger partial charge in [-0.3, -0.25) is 9.59 Å². The highest BCUT2D eigenvalue weighted by Gasteiger charge is 2.08. The second-order valence-corrected chi connectivity index (χ2v) is 5.98. The summed E-state index contributed by atoms with van der Waals surface area (Å²) in [6.07, 6.45) is 3.54. The number of nitrogens with zero attached hydrogens (tertiary/aromatic N) is 1. The largest absolute Gasteiger partial charge is 0.497 e. The number of benzene rings is 2. The van der Waals surface area contributed by atoms with Gasteiger partial charge >= 0.3 is 0 Å². The predicted octanol–water partition coefficient (Wildman–Crippen LogP) is 2.75. The second-order valence-electron chi connectivity index (χ2n) is 5.98. The first kappa shape index (κ1) is 21.0. The van der Waals surface area contributed by atoms with Gasteiger partial charge in [0.05, 0.1) is 26.5 Å². The quantitative estimate of drug-likeness (QED) is 0.375. The Balaban J connectivity index is 1.75. The van der Waals surface area contributed by atoms with E-state index in [4.69, 9.17) is 9.47 Å². The molecule has 0 saturated heterocycles. The molecule has 0 atom stereocenters. The van der Waals surface area contributed by atoms with E-state index in [1.165, 1.54) is 6.21 Å². The summed E-state index contributed by atoms with van der Waals surface area (Å²) in [4.78, 5) is 23.9. The van der Waals surface area contributed by atoms with Gasteiger partial charge < -0.3 is 14.8 Å². The Labute approximate surface area is 164 Å². The lowest BCUT2D eigenvalue weighted by Crippen LogP contribution is -2.34. The Morgan fingerprint density at radius 1 is 1.11 bits per heavy atom. The third kappa shape index (κ3) is 7.11. The molecule has 7 nitrogen and oxygen atoms in total. The van der Waals surface area contributed by atoms with E-state index in [0.717, 1.165) is 24.2 Å². The maximum Gasteiger partial charge on any atom is 0.259 e. The van der Waals surface area contributed by atoms with Crippen LogP contribution in [0, 0.1) is 0 Å². The average molecular weight is 383 g/mol. The van der Waals surface area contributed by atoms with E-state index in [1.807, 2.05) is 18.2 Å². The first-order valence-corrected chi connectivity index (χ1v) is 9.09. The van der Waals surface area contributed by atoms with Crippen LogP contribution in [0.2, 0.25) is 0 Å². The Morgan fingerprint density at radius 2 is 1.89 bits per heavy atom. The Hall–Kier alpha value is -3.35. The molecule has 28 heavy (non-hydrogen) atoms. The minimum atomic E-state index is -0.424. The van der Waals surface area contributed by atoms with Crippen LogP contribution >= 0.6 is 0 Å². The van der Waals surface area contributed by atoms with E-state index in [2.05, 4.69) is 22.8 Å². The zero-order chi connectivity index (χ0) is 20.2. The van der Waals surface area contributed by atoms with Crippen molar-refractivity contribution in [1.82, 2.24) is 10.7 Å². The summed E-state index contributed by atoms with van der Waals surface area (Å²) >= 11 is 0. The number of hydrogen-bond acceptors (Lipinski definition) is 5. The minimum absolute atomic E-state index is 0.178. The van der Waals surface area contributed by atoms with Gasteiger partial charge in [-0.2, -0.15) is 5.10 Å². The molecule has 7 heteroatoms. The summed E-state index contributed by atoms with van der Waals surface area (Å²) in [5.74, 6) is 0.651. The van der Waals surface area contributed by atoms with Gasteiger partial charge in [0.2, 0.25) is 0 Å². The zero-order valence-electron chi connectivity index (χ0n) is 16.1. The molecular weight excluding hydrogens is 358 g/mol. The Bertz CT molecular complexity index is 804. The molecule has 0 aliphatic heterocycles. The SMILES string of the molecule is CCCCOc1ccc(C(=O)NCC(=O)N/N=C/c2cccc(OC)c2)cc1. The van der Waals surface area contributed by atoms with Crippen molar-refractivity contribution >= 4 is 18.0 Å². The van der Waals surface area contributed by atoms with Crippen molar-refractivity contribution in [2.45, 2.75) is 19.8 Å². The molecule has 0 spiro atoms. The van der Waals surface area contributed by atoms with Crippen LogP contribution in [0.5, 0.6) is 11.5 Å². The first-order chi connectivity index (χ1) is 13.6. The molecule has 2 aromatic rings. The smallest absolute Gasteiger partial charge is 0.259 e. The van der Waals surface area contributed by atoms with Crippen molar-refractivity contribution in [3.05, 3.63) is 59.7 Å². The molecule has 0 saturated carbocycles. The number of methoxy groups -OCH3 is 1. The van der Waals surface area contributed by atoms with Gasteiger partial charge in [0.25, 0.3) is 11.8 Å². The van der Waals surface area contributed by atoms with E-state index < -0.39 is 5.91 Å². The number of carbonyl (C=O) groups is 2. The molecule has 0 aromatic heterocycles. The second kappa shape index (κ2) is 11.4. The normalized spacial score (nSPS) is 10.5. The van der Waals surface area contributed by atoms with Gasteiger partial charge in [-0.15, -0.1) is 0 Å². The standard InChI is InChI=1S/C21H25N3O4/c1-3-4-12-28-18-10-8-17(9-11-18)21(26)22-15-20(25)24-23-14-16-6-5-7-19(13-16)27-2/h5-11,13-14H,3-4,12,15H2,1-2H3,(H,22,26)(H,24,25)/b23-14+. The molecule has 0 aliphatic rings. The van der Waals surface area contributed by atoms with Gasteiger partial charge in [-0.25, -0.2) is 5.43 Å². The van der Waals surface area contributed by atoms with E-state index in [-0.39, 0.29) is 12.5 Å². The predicted molar refractivity (Wildman–Crippen MR) is 108 cm³/mol. The number of unbranched alkanes of at least 4 members (excludes halogenated alkanes) is 1. The highest BCUT2D eigenvalue weighted by atomic mass is 16.5. The maximum atomic E-state index is 12.1. The van der Waals surface area contributed by atoms with Crippen LogP contribution in [0.3, 0.4) is 0 Å². The molecule has 2 aromatic carbocycles. The third-order valence-corrected chi connectivity index (χ3v) is 3.79. The van der Waals surface area contributed by atoms with Crippen molar-refractivity contribution < 1.29 is 19.1 Å². The molecule has 0 aliphatic carbocycles. The van der Waals surface area contributed by atoms with Gasteiger partial charge in [-0.1, -0.05) is 25.5 Å². The van der Waals surface area contributed by atoms with Crippen LogP contribution in [0.4, 0.5) is 0 Å². The maximum absolute atomic E-state index is 12.1. The lowest BCUT2D eigenvalue weighted by Gasteiger charge is -2.07. The lowest BCUT2D eigenvalue weighted by atomic mass is 10.2. The van der Waals surface area contributed by atoms with Crippen molar-refractivity contribution in [2.75, 3.05) is 20.3 Å². The molecule has 2 N–H and O–H groups in total. The summed E-state index contributed by atoms with van der Waals surface area (Å²) < 4.78 is 10.7. The summed E-state index contributed by atoms with van der Waals surface area (Å²) in [5, 5.41) is 6.42. The molecule has 0 fully saturated rings. The van der Waals surface area contributed by atoms with Crippen LogP contribution in [-0.4, -0.2) is 38.3 Å². The van der Waals surface area contributed by atoms with E-state index in [1.54, 1.807) is 37.4 Å². The lowest BCUT2D eigenvalue weighted by molar-refractivity contribution is -0.120. The van der Waals surface area contributed by atoms with Crippen molar-refractivity contribution in [3.8, 4) is 11.5 Å². The molecule has 2 amide bonds. The van der Waals surface area contributed by atoms with Crippen LogP contribution < -0.4 is 20.2 Å². The van der Waals surface area contributed by atoms with E-state index in [9.17, 15) is 9.59 Å². The van der Waals surface area contributed by atoms with Gasteiger partial charge in [-0.05, 0) is 48.4 Å². The topological polar surface area (TPSA) is 89.0 Å². The molecule has 2 rings (SSSR count). The Kier molecular flexibility index (Phi) is 8.52. The van der Waals surface area contributed by atoms with Crippen molar-refractivity contribution in [3.63, 3.8) is 0 Å². The average Bonchev–Trinajstić information content (AvgIpc) is 2.73. The monoisotopic (exact) mass is 383 g/mol. The highest BCUT2D eigenvalue weighted by molar-refractivity contribution is 5.96. The summed E-state index contributed by atoms with van der Waals surface area (Å²) in [6, 6.07) is 14.1. The fraction of sp³-hybridized carbons (Fsp3) is 0.286. The summed E-state index contributed by atoms with van der Waals surface area (Å²) in [5.41, 5.74) is 3.60. The summed E-state index contributed by atoms with van der Waals surface area (Å²) in [6.45, 7) is 2.57. The molecule has 0 unspecified atom stereocenters. The number of nitrogens with one attached hydrogen (secondary N) is 2. The highest BCUT2D eigenvalue weighted by Crippen LogP contribution is 2.13. The van der Waals surface area contributed by atoms with Gasteiger partial charge in [0, 0.05) is 5.56 Å². The first-order valence-electron chi connectivity index (χ1n) is 9.09. The molecule has 148 valence electrons.